The van der Waals surface area contributed by atoms with Gasteiger partial charge in [-0.3, -0.25) is 0 Å². The number of carboxylic acid groups (broad SMARTS) is 1. The molecular weight excluding hydrogens is 426 g/mol. The summed E-state index contributed by atoms with van der Waals surface area (Å²) in [7, 11) is 1.35. The maximum absolute atomic E-state index is 14.9. The van der Waals surface area contributed by atoms with Crippen molar-refractivity contribution in [2.75, 3.05) is 18.4 Å². The average Bonchev–Trinajstić information content (AvgIpc) is 2.73. The summed E-state index contributed by atoms with van der Waals surface area (Å²) < 4.78 is 42.4. The Labute approximate surface area is 184 Å². The molecule has 0 unspecified atom stereocenters. The molecule has 0 amide bonds. The molecule has 0 aliphatic rings. The van der Waals surface area contributed by atoms with Crippen molar-refractivity contribution in [3.8, 4) is 11.5 Å². The Bertz CT molecular complexity index is 1040. The summed E-state index contributed by atoms with van der Waals surface area (Å²) in [6.45, 7) is 7.32. The molecule has 0 spiro atoms. The number of nitrogens with one attached hydrogen (secondary N) is 1. The molecule has 2 rings (SSSR count). The lowest BCUT2D eigenvalue weighted by atomic mass is 10.1. The fraction of sp³-hybridized carbons (Fsp3) is 0.273. The van der Waals surface area contributed by atoms with Crippen molar-refractivity contribution in [2.45, 2.75) is 27.7 Å². The lowest BCUT2D eigenvalue weighted by Crippen LogP contribution is -2.05. The lowest BCUT2D eigenvalue weighted by Gasteiger charge is -2.13. The number of carboxylic acids is 1. The zero-order chi connectivity index (χ0) is 23.1. The van der Waals surface area contributed by atoms with Crippen LogP contribution < -0.4 is 14.2 Å². The number of rotatable bonds is 9. The van der Waals surface area contributed by atoms with Crippen molar-refractivity contribution in [1.82, 2.24) is 0 Å². The number of hydrogen-bond acceptors (Lipinski definition) is 6. The van der Waals surface area contributed by atoms with Crippen LogP contribution in [0.2, 0.25) is 0 Å². The minimum atomic E-state index is -1.39. The molecule has 6 nitrogen and oxygen atoms in total. The number of aromatic carboxylic acids is 1. The van der Waals surface area contributed by atoms with Crippen LogP contribution in [0.3, 0.4) is 0 Å². The quantitative estimate of drug-likeness (QED) is 0.371. The highest BCUT2D eigenvalue weighted by molar-refractivity contribution is 8.04. The molecule has 2 N–H and O–H groups in total. The van der Waals surface area contributed by atoms with E-state index in [0.29, 0.717) is 28.5 Å². The summed E-state index contributed by atoms with van der Waals surface area (Å²) in [4.78, 5) is 15.5. The number of aliphatic imine (C=N–C) groups is 1. The molecule has 0 fully saturated rings. The third-order valence-corrected chi connectivity index (χ3v) is 5.14. The van der Waals surface area contributed by atoms with Gasteiger partial charge in [0.25, 0.3) is 0 Å². The highest BCUT2D eigenvalue weighted by Crippen LogP contribution is 2.32. The Morgan fingerprint density at radius 3 is 2.58 bits per heavy atom. The highest BCUT2D eigenvalue weighted by atomic mass is 32.2. The van der Waals surface area contributed by atoms with E-state index in [9.17, 15) is 13.6 Å². The molecule has 31 heavy (non-hydrogen) atoms. The number of allylic oxidation sites excluding steroid dienone is 1. The third kappa shape index (κ3) is 5.75. The Morgan fingerprint density at radius 2 is 2.00 bits per heavy atom. The summed E-state index contributed by atoms with van der Waals surface area (Å²) in [5, 5.41) is 9.53. The highest BCUT2D eigenvalue weighted by Gasteiger charge is 2.17. The number of nitrogens with zero attached hydrogens (tertiary/aromatic N) is 1. The van der Waals surface area contributed by atoms with Crippen molar-refractivity contribution in [3.05, 3.63) is 63.7 Å². The average molecular weight is 451 g/mol. The van der Waals surface area contributed by atoms with Gasteiger partial charge in [0, 0.05) is 29.3 Å². The van der Waals surface area contributed by atoms with Crippen LogP contribution in [0.4, 0.5) is 14.5 Å². The Morgan fingerprint density at radius 1 is 1.29 bits per heavy atom. The molecule has 0 bridgehead atoms. The van der Waals surface area contributed by atoms with E-state index in [1.54, 1.807) is 45.9 Å². The summed E-state index contributed by atoms with van der Waals surface area (Å²) in [5.41, 5.74) is 1.18. The minimum absolute atomic E-state index is 0.161. The first kappa shape index (κ1) is 24.2. The Hall–Kier alpha value is -3.07. The fourth-order valence-electron chi connectivity index (χ4n) is 2.70. The molecule has 166 valence electrons. The van der Waals surface area contributed by atoms with Crippen LogP contribution in [-0.2, 0) is 0 Å². The van der Waals surface area contributed by atoms with E-state index in [4.69, 9.17) is 14.6 Å². The van der Waals surface area contributed by atoms with Crippen LogP contribution in [0, 0.1) is 18.6 Å². The molecule has 0 aliphatic heterocycles. The second kappa shape index (κ2) is 10.8. The summed E-state index contributed by atoms with van der Waals surface area (Å²) in [6.07, 6.45) is 1.70. The molecule has 0 saturated heterocycles. The van der Waals surface area contributed by atoms with Crippen molar-refractivity contribution in [3.63, 3.8) is 0 Å². The Kier molecular flexibility index (Phi) is 8.44. The topological polar surface area (TPSA) is 80.2 Å². The fourth-order valence-corrected chi connectivity index (χ4v) is 3.37. The van der Waals surface area contributed by atoms with Gasteiger partial charge in [-0.15, -0.1) is 0 Å². The SMILES string of the molecule is C/C=C(\N=C(/C)c1ccc(C)c(OCC)c1F)SNc1cc(F)c(C(=O)O)cc1OC. The molecule has 9 heteroatoms. The van der Waals surface area contributed by atoms with Gasteiger partial charge in [0.05, 0.1) is 25.0 Å². The first-order chi connectivity index (χ1) is 14.7. The summed E-state index contributed by atoms with van der Waals surface area (Å²) >= 11 is 1.05. The number of aryl methyl sites for hydroxylation is 1. The van der Waals surface area contributed by atoms with Crippen LogP contribution in [0.5, 0.6) is 11.5 Å². The van der Waals surface area contributed by atoms with Gasteiger partial charge >= 0.3 is 5.97 Å². The largest absolute Gasteiger partial charge is 0.495 e. The third-order valence-electron chi connectivity index (χ3n) is 4.28. The van der Waals surface area contributed by atoms with E-state index < -0.39 is 23.2 Å². The first-order valence-corrected chi connectivity index (χ1v) is 10.2. The van der Waals surface area contributed by atoms with Gasteiger partial charge in [0.1, 0.15) is 16.6 Å². The van der Waals surface area contributed by atoms with Gasteiger partial charge in [-0.2, -0.15) is 0 Å². The summed E-state index contributed by atoms with van der Waals surface area (Å²) in [6, 6.07) is 5.54. The van der Waals surface area contributed by atoms with Crippen LogP contribution in [0.25, 0.3) is 0 Å². The maximum atomic E-state index is 14.9. The number of ether oxygens (including phenoxy) is 2. The second-order valence-electron chi connectivity index (χ2n) is 6.37. The number of halogens is 2. The number of methoxy groups -OCH3 is 1. The zero-order valence-corrected chi connectivity index (χ0v) is 18.7. The van der Waals surface area contributed by atoms with Gasteiger partial charge in [-0.25, -0.2) is 18.6 Å². The van der Waals surface area contributed by atoms with Crippen LogP contribution in [0.15, 0.2) is 40.4 Å². The van der Waals surface area contributed by atoms with E-state index in [-0.39, 0.29) is 17.2 Å². The van der Waals surface area contributed by atoms with Crippen molar-refractivity contribution < 1.29 is 28.2 Å². The number of carbonyl (C=O) groups is 1. The van der Waals surface area contributed by atoms with E-state index in [1.165, 1.54) is 7.11 Å². The van der Waals surface area contributed by atoms with E-state index in [1.807, 2.05) is 0 Å². The second-order valence-corrected chi connectivity index (χ2v) is 7.20. The number of hydrogen-bond donors (Lipinski definition) is 2. The molecule has 0 heterocycles. The maximum Gasteiger partial charge on any atom is 0.338 e. The zero-order valence-electron chi connectivity index (χ0n) is 17.9. The van der Waals surface area contributed by atoms with Crippen molar-refractivity contribution >= 4 is 29.3 Å². The van der Waals surface area contributed by atoms with Gasteiger partial charge in [0.2, 0.25) is 0 Å². The molecule has 0 aromatic heterocycles. The van der Waals surface area contributed by atoms with Crippen molar-refractivity contribution in [1.29, 1.82) is 0 Å². The van der Waals surface area contributed by atoms with Gasteiger partial charge in [-0.1, -0.05) is 12.1 Å². The standard InChI is InChI=1S/C22H24F2N2O4S/c1-6-19(25-13(4)14-9-8-12(3)21(20(14)24)30-7-2)31-26-17-11-16(23)15(22(27)28)10-18(17)29-5/h6,8-11,26H,7H2,1-5H3,(H,27,28)/b19-6+,25-13+. The van der Waals surface area contributed by atoms with E-state index in [2.05, 4.69) is 9.71 Å². The lowest BCUT2D eigenvalue weighted by molar-refractivity contribution is 0.0691. The monoisotopic (exact) mass is 450 g/mol. The first-order valence-electron chi connectivity index (χ1n) is 9.40. The van der Waals surface area contributed by atoms with Crippen molar-refractivity contribution in [2.24, 2.45) is 4.99 Å². The molecule has 2 aromatic rings. The normalized spacial score (nSPS) is 12.0. The minimum Gasteiger partial charge on any atom is -0.495 e. The predicted molar refractivity (Wildman–Crippen MR) is 119 cm³/mol. The van der Waals surface area contributed by atoms with E-state index in [0.717, 1.165) is 24.1 Å². The number of anilines is 1. The van der Waals surface area contributed by atoms with Crippen LogP contribution >= 0.6 is 11.9 Å². The predicted octanol–water partition coefficient (Wildman–Crippen LogP) is 5.81. The van der Waals surface area contributed by atoms with Gasteiger partial charge < -0.3 is 19.3 Å². The smallest absolute Gasteiger partial charge is 0.338 e. The molecular formula is C22H24F2N2O4S. The molecule has 0 atom stereocenters. The summed E-state index contributed by atoms with van der Waals surface area (Å²) in [5.74, 6) is -2.42. The van der Waals surface area contributed by atoms with Gasteiger partial charge in [-0.05, 0) is 45.4 Å². The van der Waals surface area contributed by atoms with E-state index >= 15 is 0 Å². The molecule has 0 radical (unpaired) electrons. The molecule has 0 saturated carbocycles. The van der Waals surface area contributed by atoms with Gasteiger partial charge in [0.15, 0.2) is 11.6 Å². The van der Waals surface area contributed by atoms with Crippen LogP contribution in [0.1, 0.15) is 42.3 Å². The molecule has 2 aromatic carbocycles. The number of benzene rings is 2. The van der Waals surface area contributed by atoms with Crippen LogP contribution in [-0.4, -0.2) is 30.5 Å². The molecule has 0 aliphatic carbocycles. The Balaban J connectivity index is 2.27.